The Labute approximate surface area is 149 Å². The number of aryl methyl sites for hydroxylation is 1. The Bertz CT molecular complexity index is 1070. The first-order chi connectivity index (χ1) is 12.6. The molecule has 3 heterocycles. The highest BCUT2D eigenvalue weighted by atomic mass is 16.5. The number of benzene rings is 1. The molecule has 0 spiro atoms. The smallest absolute Gasteiger partial charge is 0.344 e. The molecule has 0 aliphatic carbocycles. The summed E-state index contributed by atoms with van der Waals surface area (Å²) in [5, 5.41) is 12.5. The minimum atomic E-state index is -0.557. The van der Waals surface area contributed by atoms with E-state index in [4.69, 9.17) is 4.74 Å². The van der Waals surface area contributed by atoms with E-state index in [1.165, 1.54) is 0 Å². The van der Waals surface area contributed by atoms with Crippen LogP contribution in [-0.2, 0) is 4.74 Å². The fourth-order valence-electron chi connectivity index (χ4n) is 2.69. The van der Waals surface area contributed by atoms with Crippen LogP contribution >= 0.6 is 0 Å². The second-order valence-electron chi connectivity index (χ2n) is 5.82. The number of para-hydroxylation sites is 1. The summed E-state index contributed by atoms with van der Waals surface area (Å²) < 4.78 is 8.77. The van der Waals surface area contributed by atoms with Gasteiger partial charge in [0.1, 0.15) is 17.4 Å². The number of hydrogen-bond acceptors (Lipinski definition) is 6. The number of rotatable bonds is 4. The van der Waals surface area contributed by atoms with E-state index in [9.17, 15) is 4.79 Å². The standard InChI is InChI=1S/C18H16N6O2/c1-12-16(17-19-9-6-10-23(17)21-12)18(25)26-13(2)15-11-24(22-20-15)14-7-4-3-5-8-14/h3-11,13H,1-2H3/t13-/m1/s1. The zero-order chi connectivity index (χ0) is 18.1. The highest BCUT2D eigenvalue weighted by Crippen LogP contribution is 2.20. The van der Waals surface area contributed by atoms with Crippen LogP contribution in [0.5, 0.6) is 0 Å². The lowest BCUT2D eigenvalue weighted by Crippen LogP contribution is -2.11. The highest BCUT2D eigenvalue weighted by Gasteiger charge is 2.23. The van der Waals surface area contributed by atoms with Crippen molar-refractivity contribution in [2.75, 3.05) is 0 Å². The van der Waals surface area contributed by atoms with Crippen molar-refractivity contribution in [3.05, 3.63) is 71.9 Å². The molecular formula is C18H16N6O2. The van der Waals surface area contributed by atoms with Gasteiger partial charge in [-0.25, -0.2) is 19.0 Å². The minimum absolute atomic E-state index is 0.355. The first-order valence-electron chi connectivity index (χ1n) is 8.12. The third-order valence-corrected chi connectivity index (χ3v) is 4.01. The molecule has 0 saturated heterocycles. The molecule has 0 aliphatic rings. The number of carbonyl (C=O) groups excluding carboxylic acids is 1. The first-order valence-corrected chi connectivity index (χ1v) is 8.12. The second kappa shape index (κ2) is 6.40. The molecule has 1 aromatic carbocycles. The number of esters is 1. The number of ether oxygens (including phenoxy) is 1. The lowest BCUT2D eigenvalue weighted by molar-refractivity contribution is 0.0330. The molecule has 0 saturated carbocycles. The number of nitrogens with zero attached hydrogens (tertiary/aromatic N) is 6. The molecule has 8 heteroatoms. The zero-order valence-corrected chi connectivity index (χ0v) is 14.3. The Morgan fingerprint density at radius 1 is 1.19 bits per heavy atom. The van der Waals surface area contributed by atoms with Gasteiger partial charge in [0.15, 0.2) is 5.65 Å². The molecular weight excluding hydrogens is 332 g/mol. The maximum absolute atomic E-state index is 12.6. The van der Waals surface area contributed by atoms with Crippen molar-refractivity contribution in [3.8, 4) is 5.69 Å². The Morgan fingerprint density at radius 2 is 2.00 bits per heavy atom. The van der Waals surface area contributed by atoms with E-state index in [1.807, 2.05) is 30.3 Å². The molecule has 0 bridgehead atoms. The quantitative estimate of drug-likeness (QED) is 0.527. The van der Waals surface area contributed by atoms with E-state index < -0.39 is 12.1 Å². The Morgan fingerprint density at radius 3 is 2.81 bits per heavy atom. The van der Waals surface area contributed by atoms with Gasteiger partial charge in [0.25, 0.3) is 0 Å². The van der Waals surface area contributed by atoms with Gasteiger partial charge in [-0.15, -0.1) is 5.10 Å². The van der Waals surface area contributed by atoms with E-state index in [1.54, 1.807) is 47.7 Å². The van der Waals surface area contributed by atoms with E-state index in [-0.39, 0.29) is 0 Å². The fraction of sp³-hybridized carbons (Fsp3) is 0.167. The Hall–Kier alpha value is -3.55. The fourth-order valence-corrected chi connectivity index (χ4v) is 2.69. The van der Waals surface area contributed by atoms with E-state index in [2.05, 4.69) is 20.4 Å². The normalized spacial score (nSPS) is 12.2. The molecule has 0 amide bonds. The van der Waals surface area contributed by atoms with E-state index in [0.29, 0.717) is 22.6 Å². The topological polar surface area (TPSA) is 87.2 Å². The number of aromatic nitrogens is 6. The molecule has 4 aromatic rings. The van der Waals surface area contributed by atoms with Crippen LogP contribution in [0.15, 0.2) is 55.0 Å². The van der Waals surface area contributed by atoms with Gasteiger partial charge in [0.05, 0.1) is 17.6 Å². The van der Waals surface area contributed by atoms with Crippen LogP contribution in [-0.4, -0.2) is 35.6 Å². The average molecular weight is 348 g/mol. The summed E-state index contributed by atoms with van der Waals surface area (Å²) in [6, 6.07) is 11.4. The number of carbonyl (C=O) groups is 1. The average Bonchev–Trinajstić information content (AvgIpc) is 3.26. The van der Waals surface area contributed by atoms with Crippen LogP contribution < -0.4 is 0 Å². The zero-order valence-electron chi connectivity index (χ0n) is 14.3. The van der Waals surface area contributed by atoms with Crippen LogP contribution in [0.25, 0.3) is 11.3 Å². The van der Waals surface area contributed by atoms with Crippen molar-refractivity contribution >= 4 is 11.6 Å². The van der Waals surface area contributed by atoms with Crippen molar-refractivity contribution in [1.82, 2.24) is 29.6 Å². The maximum Gasteiger partial charge on any atom is 0.344 e. The maximum atomic E-state index is 12.6. The minimum Gasteiger partial charge on any atom is -0.452 e. The van der Waals surface area contributed by atoms with Crippen LogP contribution in [0.1, 0.15) is 34.8 Å². The molecule has 0 unspecified atom stereocenters. The van der Waals surface area contributed by atoms with Gasteiger partial charge < -0.3 is 4.74 Å². The third-order valence-electron chi connectivity index (χ3n) is 4.01. The highest BCUT2D eigenvalue weighted by molar-refractivity contribution is 5.97. The summed E-state index contributed by atoms with van der Waals surface area (Å²) in [6.45, 7) is 3.51. The molecule has 3 aromatic heterocycles. The summed E-state index contributed by atoms with van der Waals surface area (Å²) >= 11 is 0. The molecule has 130 valence electrons. The van der Waals surface area contributed by atoms with Gasteiger partial charge >= 0.3 is 5.97 Å². The molecule has 0 radical (unpaired) electrons. The van der Waals surface area contributed by atoms with Crippen molar-refractivity contribution in [2.45, 2.75) is 20.0 Å². The predicted octanol–water partition coefficient (Wildman–Crippen LogP) is 2.54. The van der Waals surface area contributed by atoms with Crippen molar-refractivity contribution < 1.29 is 9.53 Å². The van der Waals surface area contributed by atoms with Gasteiger partial charge in [-0.05, 0) is 32.0 Å². The Balaban J connectivity index is 1.56. The van der Waals surface area contributed by atoms with Gasteiger partial charge in [0.2, 0.25) is 0 Å². The van der Waals surface area contributed by atoms with Gasteiger partial charge in [-0.2, -0.15) is 5.10 Å². The van der Waals surface area contributed by atoms with Crippen LogP contribution in [0.2, 0.25) is 0 Å². The summed E-state index contributed by atoms with van der Waals surface area (Å²) in [6.07, 6.45) is 4.54. The molecule has 0 N–H and O–H groups in total. The van der Waals surface area contributed by atoms with E-state index in [0.717, 1.165) is 5.69 Å². The summed E-state index contributed by atoms with van der Waals surface area (Å²) in [4.78, 5) is 16.8. The lowest BCUT2D eigenvalue weighted by Gasteiger charge is -2.10. The van der Waals surface area contributed by atoms with Crippen LogP contribution in [0.4, 0.5) is 0 Å². The molecule has 26 heavy (non-hydrogen) atoms. The van der Waals surface area contributed by atoms with E-state index >= 15 is 0 Å². The van der Waals surface area contributed by atoms with Crippen molar-refractivity contribution in [3.63, 3.8) is 0 Å². The van der Waals surface area contributed by atoms with Crippen LogP contribution in [0.3, 0.4) is 0 Å². The largest absolute Gasteiger partial charge is 0.452 e. The first kappa shape index (κ1) is 15.9. The molecule has 4 rings (SSSR count). The lowest BCUT2D eigenvalue weighted by atomic mass is 10.2. The molecule has 8 nitrogen and oxygen atoms in total. The molecule has 1 atom stereocenters. The molecule has 0 aliphatic heterocycles. The second-order valence-corrected chi connectivity index (χ2v) is 5.82. The van der Waals surface area contributed by atoms with Gasteiger partial charge in [0, 0.05) is 12.4 Å². The van der Waals surface area contributed by atoms with Gasteiger partial charge in [-0.1, -0.05) is 23.4 Å². The van der Waals surface area contributed by atoms with Gasteiger partial charge in [-0.3, -0.25) is 0 Å². The number of hydrogen-bond donors (Lipinski definition) is 0. The predicted molar refractivity (Wildman–Crippen MR) is 92.9 cm³/mol. The monoisotopic (exact) mass is 348 g/mol. The number of fused-ring (bicyclic) bond motifs is 1. The summed E-state index contributed by atoms with van der Waals surface area (Å²) in [5.41, 5.74) is 2.83. The Kier molecular flexibility index (Phi) is 3.92. The summed E-state index contributed by atoms with van der Waals surface area (Å²) in [5.74, 6) is -0.488. The van der Waals surface area contributed by atoms with Crippen molar-refractivity contribution in [2.24, 2.45) is 0 Å². The third kappa shape index (κ3) is 2.81. The van der Waals surface area contributed by atoms with Crippen LogP contribution in [0, 0.1) is 6.92 Å². The summed E-state index contributed by atoms with van der Waals surface area (Å²) in [7, 11) is 0. The SMILES string of the molecule is Cc1nn2cccnc2c1C(=O)O[C@H](C)c1cn(-c2ccccc2)nn1. The molecule has 0 fully saturated rings. The van der Waals surface area contributed by atoms with Crippen molar-refractivity contribution in [1.29, 1.82) is 0 Å².